The summed E-state index contributed by atoms with van der Waals surface area (Å²) in [6, 6.07) is 19.5. The summed E-state index contributed by atoms with van der Waals surface area (Å²) < 4.78 is 0. The van der Waals surface area contributed by atoms with Gasteiger partial charge < -0.3 is 5.73 Å². The molecular weight excluding hydrogens is 346 g/mol. The van der Waals surface area contributed by atoms with Crippen molar-refractivity contribution in [3.63, 3.8) is 0 Å². The van der Waals surface area contributed by atoms with Crippen LogP contribution < -0.4 is 5.73 Å². The molecule has 3 aromatic rings. The van der Waals surface area contributed by atoms with Crippen molar-refractivity contribution >= 4 is 5.71 Å². The number of rotatable bonds is 4. The molecule has 0 saturated carbocycles. The van der Waals surface area contributed by atoms with Crippen molar-refractivity contribution in [1.29, 1.82) is 5.41 Å². The van der Waals surface area contributed by atoms with Crippen molar-refractivity contribution in [2.45, 2.75) is 13.8 Å². The molecule has 0 saturated heterocycles. The van der Waals surface area contributed by atoms with E-state index in [1.165, 1.54) is 0 Å². The van der Waals surface area contributed by atoms with Gasteiger partial charge in [0, 0.05) is 27.8 Å². The van der Waals surface area contributed by atoms with Gasteiger partial charge in [0.1, 0.15) is 5.71 Å². The van der Waals surface area contributed by atoms with E-state index in [-0.39, 0.29) is 11.1 Å². The highest BCUT2D eigenvalue weighted by Gasteiger charge is 2.32. The highest BCUT2D eigenvalue weighted by Crippen LogP contribution is 2.36. The van der Waals surface area contributed by atoms with Crippen molar-refractivity contribution in [3.05, 3.63) is 89.9 Å². The molecule has 1 aromatic heterocycles. The molecule has 1 aliphatic rings. The molecular formula is C23H21N5. The molecule has 0 aliphatic heterocycles. The second-order valence-corrected chi connectivity index (χ2v) is 7.30. The van der Waals surface area contributed by atoms with Gasteiger partial charge in [0.25, 0.3) is 0 Å². The zero-order chi connectivity index (χ0) is 19.7. The first kappa shape index (κ1) is 17.8. The third-order valence-corrected chi connectivity index (χ3v) is 4.79. The largest absolute Gasteiger partial charge is 0.398 e. The minimum absolute atomic E-state index is 0.226. The van der Waals surface area contributed by atoms with Crippen LogP contribution in [0.3, 0.4) is 0 Å². The van der Waals surface area contributed by atoms with Crippen LogP contribution in [0.15, 0.2) is 84.1 Å². The molecule has 4 rings (SSSR count). The summed E-state index contributed by atoms with van der Waals surface area (Å²) in [7, 11) is 0. The Labute approximate surface area is 164 Å². The number of aromatic nitrogens is 3. The van der Waals surface area contributed by atoms with Crippen LogP contribution in [-0.2, 0) is 0 Å². The van der Waals surface area contributed by atoms with Crippen LogP contribution >= 0.6 is 0 Å². The molecule has 1 aliphatic carbocycles. The smallest absolute Gasteiger partial charge is 0.182 e. The number of benzene rings is 2. The molecule has 3 N–H and O–H groups in total. The molecule has 1 heterocycles. The minimum atomic E-state index is -0.340. The van der Waals surface area contributed by atoms with E-state index in [4.69, 9.17) is 11.1 Å². The molecule has 5 nitrogen and oxygen atoms in total. The topological polar surface area (TPSA) is 88.5 Å². The molecule has 28 heavy (non-hydrogen) atoms. The van der Waals surface area contributed by atoms with Crippen molar-refractivity contribution in [1.82, 2.24) is 15.0 Å². The Morgan fingerprint density at radius 3 is 1.75 bits per heavy atom. The summed E-state index contributed by atoms with van der Waals surface area (Å²) >= 11 is 0. The zero-order valence-electron chi connectivity index (χ0n) is 15.8. The van der Waals surface area contributed by atoms with E-state index in [9.17, 15) is 0 Å². The Hall–Kier alpha value is -3.60. The second-order valence-electron chi connectivity index (χ2n) is 7.30. The van der Waals surface area contributed by atoms with Crippen LogP contribution in [0.5, 0.6) is 0 Å². The van der Waals surface area contributed by atoms with E-state index in [0.717, 1.165) is 16.7 Å². The maximum atomic E-state index is 8.80. The maximum absolute atomic E-state index is 8.80. The molecule has 0 bridgehead atoms. The fraction of sp³-hybridized carbons (Fsp3) is 0.130. The average Bonchev–Trinajstić information content (AvgIpc) is 3.00. The van der Waals surface area contributed by atoms with Crippen LogP contribution in [0.25, 0.3) is 22.8 Å². The first-order valence-electron chi connectivity index (χ1n) is 9.11. The van der Waals surface area contributed by atoms with E-state index in [1.807, 2.05) is 86.7 Å². The third-order valence-electron chi connectivity index (χ3n) is 4.79. The molecule has 138 valence electrons. The van der Waals surface area contributed by atoms with E-state index in [0.29, 0.717) is 23.2 Å². The highest BCUT2D eigenvalue weighted by molar-refractivity contribution is 6.10. The van der Waals surface area contributed by atoms with Crippen molar-refractivity contribution in [2.24, 2.45) is 11.1 Å². The Bertz CT molecular complexity index is 1040. The van der Waals surface area contributed by atoms with Gasteiger partial charge in [0.05, 0.1) is 0 Å². The van der Waals surface area contributed by atoms with E-state index >= 15 is 0 Å². The van der Waals surface area contributed by atoms with Gasteiger partial charge in [-0.15, -0.1) is 0 Å². The number of hydrogen-bond donors (Lipinski definition) is 2. The predicted octanol–water partition coefficient (Wildman–Crippen LogP) is 4.38. The van der Waals surface area contributed by atoms with Gasteiger partial charge in [-0.05, 0) is 6.08 Å². The van der Waals surface area contributed by atoms with E-state index < -0.39 is 0 Å². The summed E-state index contributed by atoms with van der Waals surface area (Å²) in [5.41, 5.74) is 9.13. The second kappa shape index (κ2) is 6.85. The Morgan fingerprint density at radius 1 is 0.821 bits per heavy atom. The first-order chi connectivity index (χ1) is 13.5. The summed E-state index contributed by atoms with van der Waals surface area (Å²) in [6.45, 7) is 4.06. The van der Waals surface area contributed by atoms with E-state index in [2.05, 4.69) is 15.0 Å². The number of nitrogens with zero attached hydrogens (tertiary/aromatic N) is 3. The Kier molecular flexibility index (Phi) is 4.35. The van der Waals surface area contributed by atoms with Crippen LogP contribution in [0.2, 0.25) is 0 Å². The van der Waals surface area contributed by atoms with Crippen LogP contribution in [0, 0.1) is 10.8 Å². The van der Waals surface area contributed by atoms with Crippen molar-refractivity contribution in [2.75, 3.05) is 0 Å². The van der Waals surface area contributed by atoms with Crippen molar-refractivity contribution in [3.8, 4) is 22.8 Å². The SMILES string of the molecule is CC1(C)C=CC(N)=C1C(=N)c1nc(-c2ccccc2)nc(-c2ccccc2)n1. The summed E-state index contributed by atoms with van der Waals surface area (Å²) in [6.07, 6.45) is 3.85. The summed E-state index contributed by atoms with van der Waals surface area (Å²) in [5.74, 6) is 1.40. The van der Waals surface area contributed by atoms with Gasteiger partial charge >= 0.3 is 0 Å². The number of hydrogen-bond acceptors (Lipinski definition) is 5. The molecule has 0 unspecified atom stereocenters. The van der Waals surface area contributed by atoms with Gasteiger partial charge in [0.15, 0.2) is 17.5 Å². The maximum Gasteiger partial charge on any atom is 0.182 e. The van der Waals surface area contributed by atoms with Crippen molar-refractivity contribution < 1.29 is 0 Å². The monoisotopic (exact) mass is 367 g/mol. The van der Waals surface area contributed by atoms with Crippen LogP contribution in [0.1, 0.15) is 19.7 Å². The highest BCUT2D eigenvalue weighted by atomic mass is 15.0. The molecule has 5 heteroatoms. The van der Waals surface area contributed by atoms with Gasteiger partial charge in [0.2, 0.25) is 0 Å². The summed E-state index contributed by atoms with van der Waals surface area (Å²) in [4.78, 5) is 13.9. The number of allylic oxidation sites excluding steroid dienone is 3. The first-order valence-corrected chi connectivity index (χ1v) is 9.11. The summed E-state index contributed by atoms with van der Waals surface area (Å²) in [5, 5.41) is 8.80. The fourth-order valence-corrected chi connectivity index (χ4v) is 3.34. The van der Waals surface area contributed by atoms with Crippen LogP contribution in [0.4, 0.5) is 0 Å². The zero-order valence-corrected chi connectivity index (χ0v) is 15.8. The van der Waals surface area contributed by atoms with Crippen LogP contribution in [-0.4, -0.2) is 20.7 Å². The van der Waals surface area contributed by atoms with Gasteiger partial charge in [-0.3, -0.25) is 5.41 Å². The van der Waals surface area contributed by atoms with Gasteiger partial charge in [-0.2, -0.15) is 0 Å². The Morgan fingerprint density at radius 2 is 1.32 bits per heavy atom. The lowest BCUT2D eigenvalue weighted by Crippen LogP contribution is -2.22. The molecule has 0 fully saturated rings. The Balaban J connectivity index is 1.88. The standard InChI is InChI=1S/C23H21N5/c1-23(2)14-13-17(24)18(23)19(25)22-27-20(15-9-5-3-6-10-15)26-21(28-22)16-11-7-4-8-12-16/h3-14,25H,24H2,1-2H3. The normalized spacial score (nSPS) is 15.1. The third kappa shape index (κ3) is 3.22. The predicted molar refractivity (Wildman–Crippen MR) is 112 cm³/mol. The van der Waals surface area contributed by atoms with Gasteiger partial charge in [-0.25, -0.2) is 15.0 Å². The molecule has 0 atom stereocenters. The van der Waals surface area contributed by atoms with E-state index in [1.54, 1.807) is 0 Å². The minimum Gasteiger partial charge on any atom is -0.398 e. The quantitative estimate of drug-likeness (QED) is 0.670. The lowest BCUT2D eigenvalue weighted by Gasteiger charge is -2.21. The average molecular weight is 367 g/mol. The molecule has 0 amide bonds. The fourth-order valence-electron chi connectivity index (χ4n) is 3.34. The molecule has 2 aromatic carbocycles. The van der Waals surface area contributed by atoms with Gasteiger partial charge in [-0.1, -0.05) is 80.6 Å². The number of nitrogens with two attached hydrogens (primary N) is 1. The molecule has 0 spiro atoms. The lowest BCUT2D eigenvalue weighted by atomic mass is 9.84. The molecule has 0 radical (unpaired) electrons. The number of nitrogens with one attached hydrogen (secondary N) is 1. The lowest BCUT2D eigenvalue weighted by molar-refractivity contribution is 0.610.